The van der Waals surface area contributed by atoms with E-state index >= 15 is 0 Å². The van der Waals surface area contributed by atoms with E-state index in [9.17, 15) is 9.59 Å². The monoisotopic (exact) mass is 421 g/mol. The number of nitrogens with one attached hydrogen (secondary N) is 4. The van der Waals surface area contributed by atoms with E-state index in [0.717, 1.165) is 42.9 Å². The number of aliphatic imine (C=N–C) groups is 1. The topological polar surface area (TPSA) is 94.6 Å². The van der Waals surface area contributed by atoms with Gasteiger partial charge in [0.05, 0.1) is 0 Å². The van der Waals surface area contributed by atoms with Gasteiger partial charge in [0.1, 0.15) is 0 Å². The van der Waals surface area contributed by atoms with Crippen LogP contribution >= 0.6 is 0 Å². The Morgan fingerprint density at radius 2 is 1.81 bits per heavy atom. The Bertz CT molecular complexity index is 951. The van der Waals surface area contributed by atoms with Gasteiger partial charge in [-0.25, -0.2) is 0 Å². The highest BCUT2D eigenvalue weighted by atomic mass is 16.2. The van der Waals surface area contributed by atoms with Crippen molar-refractivity contribution in [2.75, 3.05) is 25.0 Å². The number of nitrogens with zero attached hydrogens (tertiary/aromatic N) is 1. The Morgan fingerprint density at radius 1 is 1.06 bits per heavy atom. The second-order valence-electron chi connectivity index (χ2n) is 8.14. The van der Waals surface area contributed by atoms with E-state index < -0.39 is 0 Å². The second kappa shape index (κ2) is 10.6. The molecule has 0 saturated heterocycles. The summed E-state index contributed by atoms with van der Waals surface area (Å²) in [5, 5.41) is 12.2. The molecule has 7 nitrogen and oxygen atoms in total. The van der Waals surface area contributed by atoms with Crippen LogP contribution in [0.5, 0.6) is 0 Å². The van der Waals surface area contributed by atoms with E-state index in [0.29, 0.717) is 29.5 Å². The predicted molar refractivity (Wildman–Crippen MR) is 125 cm³/mol. The number of amides is 2. The van der Waals surface area contributed by atoms with Crippen molar-refractivity contribution in [1.29, 1.82) is 0 Å². The van der Waals surface area contributed by atoms with Gasteiger partial charge < -0.3 is 16.0 Å². The van der Waals surface area contributed by atoms with Crippen LogP contribution in [0, 0.1) is 12.8 Å². The normalized spacial score (nSPS) is 13.2. The Hall–Kier alpha value is -3.35. The van der Waals surface area contributed by atoms with Gasteiger partial charge >= 0.3 is 0 Å². The minimum absolute atomic E-state index is 0.0620. The number of rotatable bonds is 7. The Balaban J connectivity index is 1.62. The average Bonchev–Trinajstić information content (AvgIpc) is 2.76. The van der Waals surface area contributed by atoms with Crippen LogP contribution < -0.4 is 21.3 Å². The van der Waals surface area contributed by atoms with Crippen LogP contribution in [0.2, 0.25) is 0 Å². The SMILES string of the molecule is Cc1ccc(Nc2ccc(C(=O)NC3=NCCCN3)cc2)cc1C(=O)NCCC(C)C. The molecule has 1 aliphatic heterocycles. The summed E-state index contributed by atoms with van der Waals surface area (Å²) in [7, 11) is 0. The molecule has 0 aliphatic carbocycles. The van der Waals surface area contributed by atoms with Crippen LogP contribution in [0.15, 0.2) is 47.5 Å². The molecule has 1 heterocycles. The van der Waals surface area contributed by atoms with Crippen LogP contribution in [-0.2, 0) is 0 Å². The lowest BCUT2D eigenvalue weighted by Crippen LogP contribution is -2.43. The van der Waals surface area contributed by atoms with Crippen LogP contribution in [0.4, 0.5) is 11.4 Å². The van der Waals surface area contributed by atoms with Crippen molar-refractivity contribution in [3.05, 3.63) is 59.2 Å². The van der Waals surface area contributed by atoms with E-state index in [1.165, 1.54) is 0 Å². The first-order valence-electron chi connectivity index (χ1n) is 10.8. The fraction of sp³-hybridized carbons (Fsp3) is 0.375. The summed E-state index contributed by atoms with van der Waals surface area (Å²) in [6, 6.07) is 12.9. The first-order chi connectivity index (χ1) is 14.9. The van der Waals surface area contributed by atoms with E-state index in [2.05, 4.69) is 40.1 Å². The number of guanidine groups is 1. The summed E-state index contributed by atoms with van der Waals surface area (Å²) in [6.45, 7) is 8.41. The summed E-state index contributed by atoms with van der Waals surface area (Å²) in [4.78, 5) is 29.2. The Morgan fingerprint density at radius 3 is 2.48 bits per heavy atom. The molecule has 0 saturated carbocycles. The van der Waals surface area contributed by atoms with Gasteiger partial charge in [0, 0.05) is 42.1 Å². The van der Waals surface area contributed by atoms with Crippen molar-refractivity contribution in [3.63, 3.8) is 0 Å². The molecular formula is C24H31N5O2. The van der Waals surface area contributed by atoms with Crippen molar-refractivity contribution in [2.45, 2.75) is 33.6 Å². The fourth-order valence-electron chi connectivity index (χ4n) is 3.18. The highest BCUT2D eigenvalue weighted by molar-refractivity contribution is 6.06. The van der Waals surface area contributed by atoms with Crippen LogP contribution in [0.25, 0.3) is 0 Å². The third-order valence-electron chi connectivity index (χ3n) is 5.05. The molecule has 0 radical (unpaired) electrons. The zero-order valence-electron chi connectivity index (χ0n) is 18.4. The second-order valence-corrected chi connectivity index (χ2v) is 8.14. The molecule has 0 spiro atoms. The maximum Gasteiger partial charge on any atom is 0.257 e. The third-order valence-corrected chi connectivity index (χ3v) is 5.05. The molecule has 0 unspecified atom stereocenters. The third kappa shape index (κ3) is 6.57. The van der Waals surface area contributed by atoms with Crippen molar-refractivity contribution in [1.82, 2.24) is 16.0 Å². The van der Waals surface area contributed by atoms with Gasteiger partial charge in [-0.1, -0.05) is 19.9 Å². The number of carbonyl (C=O) groups excluding carboxylic acids is 2. The van der Waals surface area contributed by atoms with Gasteiger partial charge in [0.15, 0.2) is 5.96 Å². The molecule has 4 N–H and O–H groups in total. The summed E-state index contributed by atoms with van der Waals surface area (Å²) in [5.41, 5.74) is 3.79. The Labute approximate surface area is 183 Å². The van der Waals surface area contributed by atoms with Gasteiger partial charge in [0.2, 0.25) is 0 Å². The van der Waals surface area contributed by atoms with Gasteiger partial charge in [-0.2, -0.15) is 0 Å². The maximum absolute atomic E-state index is 12.5. The average molecular weight is 422 g/mol. The quantitative estimate of drug-likeness (QED) is 0.549. The van der Waals surface area contributed by atoms with Gasteiger partial charge in [0.25, 0.3) is 11.8 Å². The first kappa shape index (κ1) is 22.3. The fourth-order valence-corrected chi connectivity index (χ4v) is 3.18. The van der Waals surface area contributed by atoms with Gasteiger partial charge in [-0.15, -0.1) is 0 Å². The highest BCUT2D eigenvalue weighted by Gasteiger charge is 2.12. The number of carbonyl (C=O) groups is 2. The minimum atomic E-state index is -0.199. The molecule has 0 atom stereocenters. The lowest BCUT2D eigenvalue weighted by Gasteiger charge is -2.15. The van der Waals surface area contributed by atoms with Gasteiger partial charge in [-0.3, -0.25) is 19.9 Å². The summed E-state index contributed by atoms with van der Waals surface area (Å²) < 4.78 is 0. The molecular weight excluding hydrogens is 390 g/mol. The Kier molecular flexibility index (Phi) is 7.65. The number of hydrogen-bond donors (Lipinski definition) is 4. The molecule has 0 bridgehead atoms. The molecule has 0 fully saturated rings. The number of aryl methyl sites for hydroxylation is 1. The van der Waals surface area contributed by atoms with E-state index in [-0.39, 0.29) is 11.8 Å². The predicted octanol–water partition coefficient (Wildman–Crippen LogP) is 3.59. The van der Waals surface area contributed by atoms with Crippen molar-refractivity contribution in [2.24, 2.45) is 10.9 Å². The van der Waals surface area contributed by atoms with Crippen LogP contribution in [0.1, 0.15) is 53.0 Å². The molecule has 2 aromatic carbocycles. The number of benzene rings is 2. The lowest BCUT2D eigenvalue weighted by atomic mass is 10.1. The first-order valence-corrected chi connectivity index (χ1v) is 10.8. The minimum Gasteiger partial charge on any atom is -0.356 e. The van der Waals surface area contributed by atoms with Gasteiger partial charge in [-0.05, 0) is 67.6 Å². The number of anilines is 2. The summed E-state index contributed by atoms with van der Waals surface area (Å²) >= 11 is 0. The zero-order chi connectivity index (χ0) is 22.2. The molecule has 2 amide bonds. The molecule has 3 rings (SSSR count). The molecule has 0 aromatic heterocycles. The highest BCUT2D eigenvalue weighted by Crippen LogP contribution is 2.21. The molecule has 2 aromatic rings. The summed E-state index contributed by atoms with van der Waals surface area (Å²) in [5.74, 6) is 0.812. The van der Waals surface area contributed by atoms with E-state index in [1.54, 1.807) is 12.1 Å². The molecule has 164 valence electrons. The standard InChI is InChI=1S/C24H31N5O2/c1-16(2)11-14-25-23(31)21-15-20(8-5-17(21)3)28-19-9-6-18(7-10-19)22(30)29-24-26-12-4-13-27-24/h5-10,15-16,28H,4,11-14H2,1-3H3,(H,25,31)(H2,26,27,29,30). The molecule has 1 aliphatic rings. The van der Waals surface area contributed by atoms with E-state index in [1.807, 2.05) is 37.3 Å². The van der Waals surface area contributed by atoms with Crippen molar-refractivity contribution >= 4 is 29.1 Å². The number of hydrogen-bond acceptors (Lipinski definition) is 5. The zero-order valence-corrected chi connectivity index (χ0v) is 18.4. The lowest BCUT2D eigenvalue weighted by molar-refractivity contribution is 0.0948. The van der Waals surface area contributed by atoms with Crippen molar-refractivity contribution < 1.29 is 9.59 Å². The smallest absolute Gasteiger partial charge is 0.257 e. The summed E-state index contributed by atoms with van der Waals surface area (Å²) in [6.07, 6.45) is 1.92. The van der Waals surface area contributed by atoms with E-state index in [4.69, 9.17) is 0 Å². The molecule has 31 heavy (non-hydrogen) atoms. The van der Waals surface area contributed by atoms with Crippen LogP contribution in [0.3, 0.4) is 0 Å². The van der Waals surface area contributed by atoms with Crippen LogP contribution in [-0.4, -0.2) is 37.4 Å². The maximum atomic E-state index is 12.5. The molecule has 7 heteroatoms. The largest absolute Gasteiger partial charge is 0.356 e. The van der Waals surface area contributed by atoms with Crippen molar-refractivity contribution in [3.8, 4) is 0 Å².